The Morgan fingerprint density at radius 3 is 2.12 bits per heavy atom. The number of hydrogen-bond donors (Lipinski definition) is 0. The molecule has 2 aliphatic heterocycles. The van der Waals surface area contributed by atoms with Crippen molar-refractivity contribution >= 4 is 6.29 Å². The van der Waals surface area contributed by atoms with E-state index < -0.39 is 0 Å². The van der Waals surface area contributed by atoms with Gasteiger partial charge in [0.1, 0.15) is 6.29 Å². The van der Waals surface area contributed by atoms with Crippen LogP contribution in [-0.4, -0.2) is 49.7 Å². The predicted octanol–water partition coefficient (Wildman–Crippen LogP) is 9.79. The fourth-order valence-corrected chi connectivity index (χ4v) is 6.73. The molecule has 1 saturated carbocycles. The van der Waals surface area contributed by atoms with Gasteiger partial charge in [0.25, 0.3) is 0 Å². The minimum Gasteiger partial charge on any atom is -0.378 e. The van der Waals surface area contributed by atoms with Gasteiger partial charge >= 0.3 is 0 Å². The maximum atomic E-state index is 10.6. The molecule has 0 aromatic carbocycles. The second-order valence-electron chi connectivity index (χ2n) is 14.3. The summed E-state index contributed by atoms with van der Waals surface area (Å²) in [6, 6.07) is 0. The minimum atomic E-state index is 0.0358. The molecule has 2 saturated heterocycles. The third kappa shape index (κ3) is 16.2. The van der Waals surface area contributed by atoms with Gasteiger partial charge in [-0.15, -0.1) is 0 Å². The highest BCUT2D eigenvalue weighted by Crippen LogP contribution is 2.35. The minimum absolute atomic E-state index is 0.0358. The van der Waals surface area contributed by atoms with E-state index in [0.717, 1.165) is 57.0 Å². The monoisotopic (exact) mass is 583 g/mol. The molecular formula is C36H70O5. The van der Waals surface area contributed by atoms with Crippen LogP contribution in [0.1, 0.15) is 153 Å². The Bertz CT molecular complexity index is 638. The molecule has 7 atom stereocenters. The predicted molar refractivity (Wildman–Crippen MR) is 172 cm³/mol. The van der Waals surface area contributed by atoms with Crippen LogP contribution in [0.5, 0.6) is 0 Å². The molecule has 5 heteroatoms. The maximum Gasteiger partial charge on any atom is 0.158 e. The van der Waals surface area contributed by atoms with Crippen LogP contribution < -0.4 is 0 Å². The second kappa shape index (κ2) is 21.3. The summed E-state index contributed by atoms with van der Waals surface area (Å²) in [5, 5.41) is 0. The van der Waals surface area contributed by atoms with E-state index in [1.807, 2.05) is 0 Å². The van der Waals surface area contributed by atoms with Crippen LogP contribution in [0.25, 0.3) is 0 Å². The van der Waals surface area contributed by atoms with Gasteiger partial charge in [-0.1, -0.05) is 67.2 Å². The molecule has 5 nitrogen and oxygen atoms in total. The average Bonchev–Trinajstić information content (AvgIpc) is 3.25. The molecule has 0 aromatic rings. The third-order valence-electron chi connectivity index (χ3n) is 9.23. The maximum absolute atomic E-state index is 10.6. The lowest BCUT2D eigenvalue weighted by Gasteiger charge is -2.39. The van der Waals surface area contributed by atoms with Gasteiger partial charge in [0.2, 0.25) is 0 Å². The zero-order chi connectivity index (χ0) is 30.8. The van der Waals surface area contributed by atoms with Gasteiger partial charge in [0.05, 0.1) is 23.9 Å². The summed E-state index contributed by atoms with van der Waals surface area (Å²) in [5.41, 5.74) is 0.0358. The smallest absolute Gasteiger partial charge is 0.158 e. The van der Waals surface area contributed by atoms with E-state index in [9.17, 15) is 4.79 Å². The van der Waals surface area contributed by atoms with Crippen LogP contribution in [0.2, 0.25) is 0 Å². The van der Waals surface area contributed by atoms with Crippen molar-refractivity contribution in [2.45, 2.75) is 183 Å². The summed E-state index contributed by atoms with van der Waals surface area (Å²) in [6.07, 6.45) is 17.9. The second-order valence-corrected chi connectivity index (χ2v) is 14.3. The van der Waals surface area contributed by atoms with Crippen molar-refractivity contribution in [3.63, 3.8) is 0 Å². The SMILES string of the molecule is CC(C)CC1OC(C)CCC1C(C)CC=O.CCCCCCOC1CCC(C)(C)O1.CCOC1C(C)CCCC1C. The standard InChI is InChI=1S/C14H26O2.C12H24O2.C10H20O/c1-10(2)9-14-13(11(3)7-8-15)6-5-12(4)16-14;1-4-5-6-7-10-13-11-8-9-12(2,3)14-11;1-4-11-10-8(2)6-5-7-9(10)3/h8,10-14H,5-7,9H2,1-4H3;11H,4-10H2,1-3H3;8-10H,4-7H2,1-3H3. The van der Waals surface area contributed by atoms with Crippen LogP contribution >= 0.6 is 0 Å². The summed E-state index contributed by atoms with van der Waals surface area (Å²) in [6.45, 7) is 23.8. The van der Waals surface area contributed by atoms with E-state index in [1.165, 1.54) is 51.4 Å². The van der Waals surface area contributed by atoms with Crippen molar-refractivity contribution in [3.8, 4) is 0 Å². The molecule has 0 radical (unpaired) electrons. The highest BCUT2D eigenvalue weighted by Gasteiger charge is 2.33. The Balaban J connectivity index is 0.000000313. The first-order valence-electron chi connectivity index (χ1n) is 17.4. The molecule has 3 rings (SSSR count). The molecule has 1 aliphatic carbocycles. The Kier molecular flexibility index (Phi) is 20.0. The van der Waals surface area contributed by atoms with Gasteiger partial charge in [-0.3, -0.25) is 0 Å². The van der Waals surface area contributed by atoms with Crippen LogP contribution in [0.15, 0.2) is 0 Å². The highest BCUT2D eigenvalue weighted by atomic mass is 16.7. The Morgan fingerprint density at radius 2 is 1.59 bits per heavy atom. The van der Waals surface area contributed by atoms with Crippen molar-refractivity contribution in [1.82, 2.24) is 0 Å². The Labute approximate surface area is 255 Å². The van der Waals surface area contributed by atoms with Gasteiger partial charge in [-0.25, -0.2) is 0 Å². The molecule has 3 fully saturated rings. The van der Waals surface area contributed by atoms with Gasteiger partial charge in [-0.05, 0) is 102 Å². The molecule has 244 valence electrons. The van der Waals surface area contributed by atoms with Crippen LogP contribution in [0.4, 0.5) is 0 Å². The van der Waals surface area contributed by atoms with E-state index in [0.29, 0.717) is 42.5 Å². The molecule has 0 bridgehead atoms. The Hall–Kier alpha value is -0.490. The number of carbonyl (C=O) groups excluding carboxylic acids is 1. The van der Waals surface area contributed by atoms with Crippen LogP contribution in [0.3, 0.4) is 0 Å². The lowest BCUT2D eigenvalue weighted by Crippen LogP contribution is -2.38. The third-order valence-corrected chi connectivity index (χ3v) is 9.23. The van der Waals surface area contributed by atoms with Crippen molar-refractivity contribution in [2.24, 2.45) is 29.6 Å². The first-order chi connectivity index (χ1) is 19.4. The molecule has 0 aromatic heterocycles. The number of aldehydes is 1. The zero-order valence-electron chi connectivity index (χ0n) is 28.9. The first-order valence-corrected chi connectivity index (χ1v) is 17.4. The molecule has 41 heavy (non-hydrogen) atoms. The van der Waals surface area contributed by atoms with Crippen molar-refractivity contribution in [1.29, 1.82) is 0 Å². The van der Waals surface area contributed by atoms with E-state index in [1.54, 1.807) is 0 Å². The normalized spacial score (nSPS) is 31.9. The van der Waals surface area contributed by atoms with Crippen LogP contribution in [0, 0.1) is 29.6 Å². The number of carbonyl (C=O) groups is 1. The van der Waals surface area contributed by atoms with Gasteiger partial charge in [0.15, 0.2) is 6.29 Å². The molecule has 0 amide bonds. The van der Waals surface area contributed by atoms with E-state index in [4.69, 9.17) is 18.9 Å². The summed E-state index contributed by atoms with van der Waals surface area (Å²) in [4.78, 5) is 10.6. The summed E-state index contributed by atoms with van der Waals surface area (Å²) in [5.74, 6) is 3.26. The van der Waals surface area contributed by atoms with Crippen LogP contribution in [-0.2, 0) is 23.7 Å². The Morgan fingerprint density at radius 1 is 0.902 bits per heavy atom. The van der Waals surface area contributed by atoms with E-state index in [2.05, 4.69) is 69.2 Å². The summed E-state index contributed by atoms with van der Waals surface area (Å²) < 4.78 is 23.2. The van der Waals surface area contributed by atoms with Crippen molar-refractivity contribution in [3.05, 3.63) is 0 Å². The topological polar surface area (TPSA) is 54.0 Å². The number of hydrogen-bond acceptors (Lipinski definition) is 5. The highest BCUT2D eigenvalue weighted by molar-refractivity contribution is 5.49. The summed E-state index contributed by atoms with van der Waals surface area (Å²) in [7, 11) is 0. The molecule has 2 heterocycles. The van der Waals surface area contributed by atoms with Crippen molar-refractivity contribution in [2.75, 3.05) is 13.2 Å². The molecule has 0 spiro atoms. The lowest BCUT2D eigenvalue weighted by atomic mass is 9.78. The quantitative estimate of drug-likeness (QED) is 0.160. The average molecular weight is 583 g/mol. The largest absolute Gasteiger partial charge is 0.378 e. The van der Waals surface area contributed by atoms with Crippen molar-refractivity contribution < 1.29 is 23.7 Å². The number of unbranched alkanes of at least 4 members (excludes halogenated alkanes) is 3. The molecule has 7 unspecified atom stereocenters. The first kappa shape index (κ1) is 38.5. The van der Waals surface area contributed by atoms with Gasteiger partial charge < -0.3 is 23.7 Å². The molecule has 0 N–H and O–H groups in total. The fraction of sp³-hybridized carbons (Fsp3) is 0.972. The lowest BCUT2D eigenvalue weighted by molar-refractivity contribution is -0.158. The number of ether oxygens (including phenoxy) is 4. The fourth-order valence-electron chi connectivity index (χ4n) is 6.73. The zero-order valence-corrected chi connectivity index (χ0v) is 28.9. The van der Waals surface area contributed by atoms with Gasteiger partial charge in [0, 0.05) is 26.1 Å². The summed E-state index contributed by atoms with van der Waals surface area (Å²) >= 11 is 0. The van der Waals surface area contributed by atoms with E-state index >= 15 is 0 Å². The van der Waals surface area contributed by atoms with E-state index in [-0.39, 0.29) is 11.9 Å². The van der Waals surface area contributed by atoms with Gasteiger partial charge in [-0.2, -0.15) is 0 Å². The number of rotatable bonds is 13. The molecular weight excluding hydrogens is 512 g/mol. The molecule has 3 aliphatic rings.